The van der Waals surface area contributed by atoms with Gasteiger partial charge in [0.1, 0.15) is 11.6 Å². The molecule has 0 saturated heterocycles. The van der Waals surface area contributed by atoms with Gasteiger partial charge in [-0.25, -0.2) is 4.39 Å². The van der Waals surface area contributed by atoms with E-state index >= 15 is 0 Å². The van der Waals surface area contributed by atoms with E-state index in [0.717, 1.165) is 11.8 Å². The summed E-state index contributed by atoms with van der Waals surface area (Å²) >= 11 is 1.10. The third kappa shape index (κ3) is 2.00. The maximum atomic E-state index is 13.6. The highest BCUT2D eigenvalue weighted by Gasteiger charge is 2.16. The summed E-state index contributed by atoms with van der Waals surface area (Å²) in [5, 5.41) is 18.1. The first kappa shape index (κ1) is 11.3. The molecule has 0 heterocycles. The van der Waals surface area contributed by atoms with Crippen LogP contribution in [0.25, 0.3) is 0 Å². The Kier molecular flexibility index (Phi) is 3.74. The van der Waals surface area contributed by atoms with Gasteiger partial charge in [0.15, 0.2) is 0 Å². The molecule has 0 radical (unpaired) electrons. The van der Waals surface area contributed by atoms with Crippen LogP contribution in [0.2, 0.25) is 0 Å². The van der Waals surface area contributed by atoms with Crippen LogP contribution in [-0.4, -0.2) is 23.1 Å². The van der Waals surface area contributed by atoms with Gasteiger partial charge in [0.2, 0.25) is 0 Å². The van der Waals surface area contributed by atoms with E-state index in [0.29, 0.717) is 0 Å². The summed E-state index contributed by atoms with van der Waals surface area (Å²) in [4.78, 5) is 0.159. The SMILES string of the molecule is CSc1c(O)ccc(C(N)CO)c1F. The summed E-state index contributed by atoms with van der Waals surface area (Å²) in [6, 6.07) is 2.01. The average molecular weight is 217 g/mol. The number of nitrogens with two attached hydrogens (primary N) is 1. The van der Waals surface area contributed by atoms with Gasteiger partial charge in [-0.1, -0.05) is 6.07 Å². The molecule has 78 valence electrons. The molecule has 1 aromatic rings. The molecule has 0 aliphatic heterocycles. The van der Waals surface area contributed by atoms with Gasteiger partial charge < -0.3 is 15.9 Å². The fourth-order valence-corrected chi connectivity index (χ4v) is 1.71. The highest BCUT2D eigenvalue weighted by atomic mass is 32.2. The second-order valence-electron chi connectivity index (χ2n) is 2.81. The molecule has 1 aromatic carbocycles. The lowest BCUT2D eigenvalue weighted by molar-refractivity contribution is 0.264. The van der Waals surface area contributed by atoms with Gasteiger partial charge in [0, 0.05) is 5.56 Å². The molecule has 0 fully saturated rings. The van der Waals surface area contributed by atoms with Crippen LogP contribution in [0.1, 0.15) is 11.6 Å². The monoisotopic (exact) mass is 217 g/mol. The lowest BCUT2D eigenvalue weighted by atomic mass is 10.1. The minimum atomic E-state index is -0.749. The first-order valence-electron chi connectivity index (χ1n) is 4.03. The molecule has 1 unspecified atom stereocenters. The number of phenols is 1. The van der Waals surface area contributed by atoms with E-state index in [4.69, 9.17) is 10.8 Å². The zero-order chi connectivity index (χ0) is 10.7. The second-order valence-corrected chi connectivity index (χ2v) is 3.63. The molecule has 0 saturated carbocycles. The Labute approximate surface area is 85.7 Å². The van der Waals surface area contributed by atoms with E-state index in [-0.39, 0.29) is 22.8 Å². The van der Waals surface area contributed by atoms with Crippen molar-refractivity contribution in [1.29, 1.82) is 0 Å². The van der Waals surface area contributed by atoms with Gasteiger partial charge in [-0.15, -0.1) is 11.8 Å². The molecule has 5 heteroatoms. The minimum absolute atomic E-state index is 0.108. The van der Waals surface area contributed by atoms with Crippen LogP contribution in [0.15, 0.2) is 17.0 Å². The van der Waals surface area contributed by atoms with Gasteiger partial charge in [0.05, 0.1) is 17.5 Å². The quantitative estimate of drug-likeness (QED) is 0.666. The topological polar surface area (TPSA) is 66.5 Å². The van der Waals surface area contributed by atoms with Crippen LogP contribution >= 0.6 is 11.8 Å². The standard InChI is InChI=1S/C9H12FNO2S/c1-14-9-7(13)3-2-5(8(9)10)6(11)4-12/h2-3,6,12-13H,4,11H2,1H3. The molecule has 0 amide bonds. The van der Waals surface area contributed by atoms with Gasteiger partial charge in [-0.3, -0.25) is 0 Å². The summed E-state index contributed by atoms with van der Waals surface area (Å²) in [6.07, 6.45) is 1.66. The van der Waals surface area contributed by atoms with Crippen LogP contribution in [-0.2, 0) is 0 Å². The molecular formula is C9H12FNO2S. The summed E-state index contributed by atoms with van der Waals surface area (Å²) in [6.45, 7) is -0.324. The smallest absolute Gasteiger partial charge is 0.145 e. The average Bonchev–Trinajstić information content (AvgIpc) is 2.18. The molecule has 0 aromatic heterocycles. The zero-order valence-electron chi connectivity index (χ0n) is 7.70. The first-order valence-corrected chi connectivity index (χ1v) is 5.26. The van der Waals surface area contributed by atoms with Crippen molar-refractivity contribution in [3.63, 3.8) is 0 Å². The van der Waals surface area contributed by atoms with Crippen molar-refractivity contribution in [3.8, 4) is 5.75 Å². The maximum absolute atomic E-state index is 13.6. The highest BCUT2D eigenvalue weighted by Crippen LogP contribution is 2.32. The summed E-state index contributed by atoms with van der Waals surface area (Å²) < 4.78 is 13.6. The normalized spacial score (nSPS) is 12.9. The number of aliphatic hydroxyl groups is 1. The number of aliphatic hydroxyl groups excluding tert-OH is 1. The number of hydrogen-bond donors (Lipinski definition) is 3. The minimum Gasteiger partial charge on any atom is -0.507 e. The Bertz CT molecular complexity index is 333. The maximum Gasteiger partial charge on any atom is 0.145 e. The van der Waals surface area contributed by atoms with Crippen molar-refractivity contribution < 1.29 is 14.6 Å². The fraction of sp³-hybridized carbons (Fsp3) is 0.333. The Morgan fingerprint density at radius 1 is 1.57 bits per heavy atom. The van der Waals surface area contributed by atoms with E-state index < -0.39 is 11.9 Å². The molecule has 0 bridgehead atoms. The van der Waals surface area contributed by atoms with E-state index in [9.17, 15) is 9.50 Å². The fourth-order valence-electron chi connectivity index (χ4n) is 1.14. The van der Waals surface area contributed by atoms with Crippen LogP contribution < -0.4 is 5.73 Å². The summed E-state index contributed by atoms with van der Waals surface area (Å²) in [5.41, 5.74) is 5.71. The van der Waals surface area contributed by atoms with E-state index in [1.54, 1.807) is 6.26 Å². The van der Waals surface area contributed by atoms with Gasteiger partial charge in [0.25, 0.3) is 0 Å². The third-order valence-electron chi connectivity index (χ3n) is 1.91. The summed E-state index contributed by atoms with van der Waals surface area (Å²) in [5.74, 6) is -0.664. The number of benzene rings is 1. The van der Waals surface area contributed by atoms with Gasteiger partial charge >= 0.3 is 0 Å². The molecule has 4 N–H and O–H groups in total. The molecular weight excluding hydrogens is 205 g/mol. The predicted octanol–water partition coefficient (Wildman–Crippen LogP) is 1.25. The third-order valence-corrected chi connectivity index (χ3v) is 2.70. The van der Waals surface area contributed by atoms with Crippen molar-refractivity contribution in [2.45, 2.75) is 10.9 Å². The van der Waals surface area contributed by atoms with Crippen LogP contribution in [0.4, 0.5) is 4.39 Å². The number of aromatic hydroxyl groups is 1. The molecule has 1 rings (SSSR count). The molecule has 0 spiro atoms. The Balaban J connectivity index is 3.21. The van der Waals surface area contributed by atoms with Crippen molar-refractivity contribution in [3.05, 3.63) is 23.5 Å². The van der Waals surface area contributed by atoms with Gasteiger partial charge in [-0.05, 0) is 12.3 Å². The van der Waals surface area contributed by atoms with Crippen LogP contribution in [0.5, 0.6) is 5.75 Å². The molecule has 1 atom stereocenters. The lowest BCUT2D eigenvalue weighted by Crippen LogP contribution is -2.16. The number of phenolic OH excluding ortho intramolecular Hbond substituents is 1. The Hall–Kier alpha value is -0.780. The van der Waals surface area contributed by atoms with E-state index in [1.165, 1.54) is 12.1 Å². The summed E-state index contributed by atoms with van der Waals surface area (Å²) in [7, 11) is 0. The molecule has 0 aliphatic carbocycles. The van der Waals surface area contributed by atoms with Gasteiger partial charge in [-0.2, -0.15) is 0 Å². The van der Waals surface area contributed by atoms with Crippen molar-refractivity contribution >= 4 is 11.8 Å². The number of halogens is 1. The zero-order valence-corrected chi connectivity index (χ0v) is 8.51. The van der Waals surface area contributed by atoms with Crippen molar-refractivity contribution in [2.75, 3.05) is 12.9 Å². The molecule has 0 aliphatic rings. The van der Waals surface area contributed by atoms with E-state index in [2.05, 4.69) is 0 Å². The van der Waals surface area contributed by atoms with Crippen molar-refractivity contribution in [2.24, 2.45) is 5.73 Å². The van der Waals surface area contributed by atoms with Crippen LogP contribution in [0.3, 0.4) is 0 Å². The number of rotatable bonds is 3. The number of thioether (sulfide) groups is 1. The highest BCUT2D eigenvalue weighted by molar-refractivity contribution is 7.98. The van der Waals surface area contributed by atoms with E-state index in [1.807, 2.05) is 0 Å². The molecule has 14 heavy (non-hydrogen) atoms. The first-order chi connectivity index (χ1) is 6.61. The Morgan fingerprint density at radius 2 is 2.21 bits per heavy atom. The second kappa shape index (κ2) is 4.63. The van der Waals surface area contributed by atoms with Crippen molar-refractivity contribution in [1.82, 2.24) is 0 Å². The van der Waals surface area contributed by atoms with Crippen LogP contribution in [0, 0.1) is 5.82 Å². The molecule has 3 nitrogen and oxygen atoms in total. The largest absolute Gasteiger partial charge is 0.507 e. The number of hydrogen-bond acceptors (Lipinski definition) is 4. The predicted molar refractivity (Wildman–Crippen MR) is 53.9 cm³/mol. The lowest BCUT2D eigenvalue weighted by Gasteiger charge is -2.12. The Morgan fingerprint density at radius 3 is 2.71 bits per heavy atom.